The number of para-hydroxylation sites is 1. The van der Waals surface area contributed by atoms with Crippen molar-refractivity contribution in [2.24, 2.45) is 5.73 Å². The second-order valence-corrected chi connectivity index (χ2v) is 5.94. The topological polar surface area (TPSA) is 75.4 Å². The number of benzene rings is 2. The van der Waals surface area contributed by atoms with E-state index in [1.165, 1.54) is 0 Å². The van der Waals surface area contributed by atoms with Crippen molar-refractivity contribution < 1.29 is 9.59 Å². The molecular weight excluding hydrogens is 338 g/mol. The van der Waals surface area contributed by atoms with Crippen molar-refractivity contribution in [3.05, 3.63) is 65.7 Å². The van der Waals surface area contributed by atoms with Gasteiger partial charge in [-0.25, -0.2) is 0 Å². The molecule has 0 fully saturated rings. The summed E-state index contributed by atoms with van der Waals surface area (Å²) in [5.74, 6) is -0.127. The molecule has 6 heteroatoms. The van der Waals surface area contributed by atoms with Crippen molar-refractivity contribution in [2.75, 3.05) is 18.0 Å². The zero-order chi connectivity index (χ0) is 16.9. The summed E-state index contributed by atoms with van der Waals surface area (Å²) in [6, 6.07) is 16.8. The fraction of sp³-hybridized carbons (Fsp3) is 0.263. The predicted octanol–water partition coefficient (Wildman–Crippen LogP) is 1.68. The summed E-state index contributed by atoms with van der Waals surface area (Å²) in [6.45, 7) is 0.848. The Morgan fingerprint density at radius 3 is 2.56 bits per heavy atom. The van der Waals surface area contributed by atoms with Crippen LogP contribution in [0.15, 0.2) is 54.6 Å². The summed E-state index contributed by atoms with van der Waals surface area (Å²) in [4.78, 5) is 25.9. The summed E-state index contributed by atoms with van der Waals surface area (Å²) in [6.07, 6.45) is 0.926. The van der Waals surface area contributed by atoms with Crippen LogP contribution in [-0.2, 0) is 22.4 Å². The maximum atomic E-state index is 12.1. The second kappa shape index (κ2) is 8.65. The van der Waals surface area contributed by atoms with E-state index in [1.807, 2.05) is 54.6 Å². The number of hydrogen-bond donors (Lipinski definition) is 2. The van der Waals surface area contributed by atoms with E-state index in [9.17, 15) is 9.59 Å². The molecule has 1 atom stereocenters. The SMILES string of the molecule is Cl.N[C@@H](Cc1ccccc1)C(=O)NCCN1C(=O)Cc2ccccc21. The molecule has 25 heavy (non-hydrogen) atoms. The molecule has 0 unspecified atom stereocenters. The number of rotatable bonds is 6. The maximum absolute atomic E-state index is 12.1. The van der Waals surface area contributed by atoms with Crippen molar-refractivity contribution in [2.45, 2.75) is 18.9 Å². The zero-order valence-electron chi connectivity index (χ0n) is 13.9. The molecule has 0 bridgehead atoms. The number of anilines is 1. The lowest BCUT2D eigenvalue weighted by Crippen LogP contribution is -2.45. The molecule has 0 spiro atoms. The normalized spacial score (nSPS) is 13.8. The van der Waals surface area contributed by atoms with Crippen LogP contribution in [0.3, 0.4) is 0 Å². The van der Waals surface area contributed by atoms with Crippen molar-refractivity contribution in [3.63, 3.8) is 0 Å². The maximum Gasteiger partial charge on any atom is 0.237 e. The number of carbonyl (C=O) groups excluding carboxylic acids is 2. The molecule has 0 aliphatic carbocycles. The third-order valence-electron chi connectivity index (χ3n) is 4.19. The molecule has 0 aromatic heterocycles. The minimum atomic E-state index is -0.589. The molecule has 2 amide bonds. The molecule has 1 aliphatic rings. The van der Waals surface area contributed by atoms with E-state index < -0.39 is 6.04 Å². The lowest BCUT2D eigenvalue weighted by atomic mass is 10.1. The van der Waals surface area contributed by atoms with Crippen LogP contribution >= 0.6 is 12.4 Å². The van der Waals surface area contributed by atoms with Gasteiger partial charge in [0.1, 0.15) is 0 Å². The minimum absolute atomic E-state index is 0. The molecule has 5 nitrogen and oxygen atoms in total. The van der Waals surface area contributed by atoms with Gasteiger partial charge in [-0.2, -0.15) is 0 Å². The van der Waals surface area contributed by atoms with E-state index >= 15 is 0 Å². The largest absolute Gasteiger partial charge is 0.353 e. The fourth-order valence-electron chi connectivity index (χ4n) is 2.94. The van der Waals surface area contributed by atoms with Crippen molar-refractivity contribution >= 4 is 29.9 Å². The van der Waals surface area contributed by atoms with E-state index in [0.29, 0.717) is 25.9 Å². The summed E-state index contributed by atoms with van der Waals surface area (Å²) >= 11 is 0. The molecule has 2 aromatic carbocycles. The van der Waals surface area contributed by atoms with Gasteiger partial charge in [-0.15, -0.1) is 12.4 Å². The number of halogens is 1. The number of nitrogens with two attached hydrogens (primary N) is 1. The van der Waals surface area contributed by atoms with Crippen molar-refractivity contribution in [1.29, 1.82) is 0 Å². The molecule has 1 heterocycles. The first-order valence-electron chi connectivity index (χ1n) is 8.10. The highest BCUT2D eigenvalue weighted by Gasteiger charge is 2.26. The Morgan fingerprint density at radius 2 is 1.80 bits per heavy atom. The van der Waals surface area contributed by atoms with Gasteiger partial charge in [-0.3, -0.25) is 9.59 Å². The van der Waals surface area contributed by atoms with Gasteiger partial charge in [0.05, 0.1) is 12.5 Å². The number of nitrogens with one attached hydrogen (secondary N) is 1. The lowest BCUT2D eigenvalue weighted by molar-refractivity contribution is -0.122. The van der Waals surface area contributed by atoms with Gasteiger partial charge in [0, 0.05) is 18.8 Å². The smallest absolute Gasteiger partial charge is 0.237 e. The van der Waals surface area contributed by atoms with Gasteiger partial charge in [0.15, 0.2) is 0 Å². The van der Waals surface area contributed by atoms with Gasteiger partial charge in [-0.05, 0) is 23.6 Å². The van der Waals surface area contributed by atoms with E-state index in [-0.39, 0.29) is 24.2 Å². The first-order chi connectivity index (χ1) is 11.6. The number of nitrogens with zero attached hydrogens (tertiary/aromatic N) is 1. The standard InChI is InChI=1S/C19H21N3O2.ClH/c20-16(12-14-6-2-1-3-7-14)19(24)21-10-11-22-17-9-5-4-8-15(17)13-18(22)23;/h1-9,16H,10-13,20H2,(H,21,24);1H/t16-;/m0./s1. The van der Waals surface area contributed by atoms with Gasteiger partial charge in [0.2, 0.25) is 11.8 Å². The van der Waals surface area contributed by atoms with E-state index in [4.69, 9.17) is 5.73 Å². The molecule has 132 valence electrons. The predicted molar refractivity (Wildman–Crippen MR) is 101 cm³/mol. The quantitative estimate of drug-likeness (QED) is 0.824. The second-order valence-electron chi connectivity index (χ2n) is 5.94. The Kier molecular flexibility index (Phi) is 6.56. The van der Waals surface area contributed by atoms with Crippen LogP contribution in [0.5, 0.6) is 0 Å². The molecule has 2 aromatic rings. The Hall–Kier alpha value is -2.37. The number of carbonyl (C=O) groups is 2. The van der Waals surface area contributed by atoms with Crippen LogP contribution < -0.4 is 16.0 Å². The van der Waals surface area contributed by atoms with E-state index in [1.54, 1.807) is 4.90 Å². The number of fused-ring (bicyclic) bond motifs is 1. The van der Waals surface area contributed by atoms with Gasteiger partial charge < -0.3 is 16.0 Å². The minimum Gasteiger partial charge on any atom is -0.353 e. The molecule has 3 N–H and O–H groups in total. The highest BCUT2D eigenvalue weighted by molar-refractivity contribution is 6.01. The Labute approximate surface area is 153 Å². The third kappa shape index (κ3) is 4.59. The Balaban J connectivity index is 0.00000225. The molecule has 0 saturated carbocycles. The van der Waals surface area contributed by atoms with Crippen LogP contribution in [0, 0.1) is 0 Å². The lowest BCUT2D eigenvalue weighted by Gasteiger charge is -2.19. The van der Waals surface area contributed by atoms with Crippen LogP contribution in [-0.4, -0.2) is 30.9 Å². The zero-order valence-corrected chi connectivity index (χ0v) is 14.7. The summed E-state index contributed by atoms with van der Waals surface area (Å²) in [7, 11) is 0. The van der Waals surface area contributed by atoms with Crippen LogP contribution in [0.1, 0.15) is 11.1 Å². The fourth-order valence-corrected chi connectivity index (χ4v) is 2.94. The first kappa shape index (κ1) is 19.0. The number of amides is 2. The summed E-state index contributed by atoms with van der Waals surface area (Å²) in [5, 5.41) is 2.82. The van der Waals surface area contributed by atoms with Crippen LogP contribution in [0.4, 0.5) is 5.69 Å². The average molecular weight is 360 g/mol. The van der Waals surface area contributed by atoms with E-state index in [0.717, 1.165) is 16.8 Å². The van der Waals surface area contributed by atoms with Crippen molar-refractivity contribution in [1.82, 2.24) is 5.32 Å². The molecule has 1 aliphatic heterocycles. The third-order valence-corrected chi connectivity index (χ3v) is 4.19. The number of hydrogen-bond acceptors (Lipinski definition) is 3. The van der Waals surface area contributed by atoms with Crippen molar-refractivity contribution in [3.8, 4) is 0 Å². The molecule has 0 saturated heterocycles. The Morgan fingerprint density at radius 1 is 1.12 bits per heavy atom. The van der Waals surface area contributed by atoms with Gasteiger partial charge in [-0.1, -0.05) is 48.5 Å². The van der Waals surface area contributed by atoms with Crippen LogP contribution in [0.25, 0.3) is 0 Å². The average Bonchev–Trinajstić information content (AvgIpc) is 2.91. The highest BCUT2D eigenvalue weighted by Crippen LogP contribution is 2.27. The first-order valence-corrected chi connectivity index (χ1v) is 8.10. The van der Waals surface area contributed by atoms with Crippen LogP contribution in [0.2, 0.25) is 0 Å². The Bertz CT molecular complexity index is 736. The monoisotopic (exact) mass is 359 g/mol. The highest BCUT2D eigenvalue weighted by atomic mass is 35.5. The molecule has 3 rings (SSSR count). The molecular formula is C19H22ClN3O2. The summed E-state index contributed by atoms with van der Waals surface area (Å²) < 4.78 is 0. The van der Waals surface area contributed by atoms with Gasteiger partial charge in [0.25, 0.3) is 0 Å². The summed E-state index contributed by atoms with van der Waals surface area (Å²) in [5.41, 5.74) is 8.96. The van der Waals surface area contributed by atoms with Gasteiger partial charge >= 0.3 is 0 Å². The molecule has 0 radical (unpaired) electrons. The van der Waals surface area contributed by atoms with E-state index in [2.05, 4.69) is 5.32 Å².